The van der Waals surface area contributed by atoms with Crippen molar-refractivity contribution in [2.75, 3.05) is 11.9 Å². The molecule has 0 aliphatic heterocycles. The lowest BCUT2D eigenvalue weighted by atomic mass is 10.1. The van der Waals surface area contributed by atoms with Crippen molar-refractivity contribution in [2.24, 2.45) is 0 Å². The SMILES string of the molecule is CCNC(C)c1ccc(NC(=O)NCc2ccon2)cc1. The molecule has 1 heterocycles. The average molecular weight is 288 g/mol. The molecule has 0 aliphatic carbocycles. The molecule has 6 heteroatoms. The van der Waals surface area contributed by atoms with E-state index in [1.165, 1.54) is 11.8 Å². The van der Waals surface area contributed by atoms with Gasteiger partial charge in [-0.3, -0.25) is 0 Å². The van der Waals surface area contributed by atoms with Gasteiger partial charge >= 0.3 is 6.03 Å². The number of hydrogen-bond donors (Lipinski definition) is 3. The maximum absolute atomic E-state index is 11.7. The number of aromatic nitrogens is 1. The fourth-order valence-corrected chi connectivity index (χ4v) is 1.95. The number of hydrogen-bond acceptors (Lipinski definition) is 4. The number of benzene rings is 1. The van der Waals surface area contributed by atoms with Gasteiger partial charge in [0.15, 0.2) is 0 Å². The minimum absolute atomic E-state index is 0.273. The molecule has 21 heavy (non-hydrogen) atoms. The van der Waals surface area contributed by atoms with E-state index in [0.717, 1.165) is 12.2 Å². The van der Waals surface area contributed by atoms with Crippen LogP contribution in [0.3, 0.4) is 0 Å². The molecule has 0 aliphatic rings. The van der Waals surface area contributed by atoms with Gasteiger partial charge in [0.05, 0.1) is 6.54 Å². The molecule has 0 bridgehead atoms. The van der Waals surface area contributed by atoms with Crippen LogP contribution in [-0.4, -0.2) is 17.7 Å². The molecule has 112 valence electrons. The number of carbonyl (C=O) groups excluding carboxylic acids is 1. The normalized spacial score (nSPS) is 11.9. The molecule has 1 aromatic carbocycles. The summed E-state index contributed by atoms with van der Waals surface area (Å²) in [5, 5.41) is 12.5. The summed E-state index contributed by atoms with van der Waals surface area (Å²) in [7, 11) is 0. The number of amides is 2. The van der Waals surface area contributed by atoms with E-state index in [1.807, 2.05) is 24.3 Å². The van der Waals surface area contributed by atoms with Crippen molar-refractivity contribution >= 4 is 11.7 Å². The summed E-state index contributed by atoms with van der Waals surface area (Å²) in [5.74, 6) is 0. The maximum Gasteiger partial charge on any atom is 0.319 e. The van der Waals surface area contributed by atoms with Crippen molar-refractivity contribution in [3.8, 4) is 0 Å². The molecule has 2 aromatic rings. The van der Waals surface area contributed by atoms with Crippen LogP contribution in [0.2, 0.25) is 0 Å². The lowest BCUT2D eigenvalue weighted by molar-refractivity contribution is 0.251. The highest BCUT2D eigenvalue weighted by molar-refractivity contribution is 5.89. The largest absolute Gasteiger partial charge is 0.364 e. The first kappa shape index (κ1) is 15.1. The average Bonchev–Trinajstić information content (AvgIpc) is 2.99. The minimum Gasteiger partial charge on any atom is -0.364 e. The quantitative estimate of drug-likeness (QED) is 0.763. The molecule has 0 saturated carbocycles. The number of rotatable bonds is 6. The van der Waals surface area contributed by atoms with Crippen LogP contribution >= 0.6 is 0 Å². The molecule has 1 aromatic heterocycles. The minimum atomic E-state index is -0.273. The molecule has 0 radical (unpaired) electrons. The van der Waals surface area contributed by atoms with Gasteiger partial charge in [-0.2, -0.15) is 0 Å². The molecule has 6 nitrogen and oxygen atoms in total. The monoisotopic (exact) mass is 288 g/mol. The summed E-state index contributed by atoms with van der Waals surface area (Å²) < 4.78 is 4.69. The second kappa shape index (κ2) is 7.44. The zero-order valence-electron chi connectivity index (χ0n) is 12.2. The molecule has 1 unspecified atom stereocenters. The van der Waals surface area contributed by atoms with Crippen LogP contribution in [0, 0.1) is 0 Å². The Hall–Kier alpha value is -2.34. The fourth-order valence-electron chi connectivity index (χ4n) is 1.95. The van der Waals surface area contributed by atoms with E-state index in [4.69, 9.17) is 4.52 Å². The van der Waals surface area contributed by atoms with Crippen molar-refractivity contribution in [3.63, 3.8) is 0 Å². The Morgan fingerprint density at radius 1 is 1.29 bits per heavy atom. The van der Waals surface area contributed by atoms with E-state index in [1.54, 1.807) is 6.07 Å². The van der Waals surface area contributed by atoms with Crippen LogP contribution in [0.1, 0.15) is 31.1 Å². The Morgan fingerprint density at radius 3 is 2.67 bits per heavy atom. The Kier molecular flexibility index (Phi) is 5.34. The maximum atomic E-state index is 11.7. The van der Waals surface area contributed by atoms with Gasteiger partial charge in [-0.1, -0.05) is 24.2 Å². The molecule has 0 spiro atoms. The van der Waals surface area contributed by atoms with Gasteiger partial charge < -0.3 is 20.5 Å². The Bertz CT molecular complexity index is 552. The zero-order chi connectivity index (χ0) is 15.1. The second-order valence-electron chi connectivity index (χ2n) is 4.70. The Labute approximate surface area is 123 Å². The summed E-state index contributed by atoms with van der Waals surface area (Å²) in [4.78, 5) is 11.7. The lowest BCUT2D eigenvalue weighted by Gasteiger charge is -2.13. The smallest absolute Gasteiger partial charge is 0.319 e. The number of nitrogens with zero attached hydrogens (tertiary/aromatic N) is 1. The molecule has 2 amide bonds. The van der Waals surface area contributed by atoms with Gasteiger partial charge in [-0.05, 0) is 31.2 Å². The summed E-state index contributed by atoms with van der Waals surface area (Å²) in [6.45, 7) is 5.44. The number of anilines is 1. The van der Waals surface area contributed by atoms with Crippen molar-refractivity contribution in [1.29, 1.82) is 0 Å². The van der Waals surface area contributed by atoms with E-state index in [9.17, 15) is 4.79 Å². The van der Waals surface area contributed by atoms with E-state index < -0.39 is 0 Å². The van der Waals surface area contributed by atoms with Crippen LogP contribution in [0.25, 0.3) is 0 Å². The molecular formula is C15H20N4O2. The highest BCUT2D eigenvalue weighted by atomic mass is 16.5. The van der Waals surface area contributed by atoms with Gasteiger partial charge in [-0.25, -0.2) is 4.79 Å². The first-order chi connectivity index (χ1) is 10.2. The number of nitrogens with one attached hydrogen (secondary N) is 3. The third-order valence-electron chi connectivity index (χ3n) is 3.10. The van der Waals surface area contributed by atoms with Crippen molar-refractivity contribution < 1.29 is 9.32 Å². The standard InChI is InChI=1S/C15H20N4O2/c1-3-16-11(2)12-4-6-13(7-5-12)18-15(20)17-10-14-8-9-21-19-14/h4-9,11,16H,3,10H2,1-2H3,(H2,17,18,20). The molecule has 1 atom stereocenters. The molecule has 0 saturated heterocycles. The van der Waals surface area contributed by atoms with E-state index in [-0.39, 0.29) is 6.03 Å². The summed E-state index contributed by atoms with van der Waals surface area (Å²) in [6.07, 6.45) is 1.47. The second-order valence-corrected chi connectivity index (χ2v) is 4.70. The van der Waals surface area contributed by atoms with Gasteiger partial charge in [0.1, 0.15) is 12.0 Å². The predicted octanol–water partition coefficient (Wildman–Crippen LogP) is 2.67. The van der Waals surface area contributed by atoms with E-state index in [2.05, 4.69) is 35.0 Å². The van der Waals surface area contributed by atoms with Crippen LogP contribution < -0.4 is 16.0 Å². The molecule has 3 N–H and O–H groups in total. The highest BCUT2D eigenvalue weighted by Gasteiger charge is 2.05. The van der Waals surface area contributed by atoms with Gasteiger partial charge in [0.2, 0.25) is 0 Å². The van der Waals surface area contributed by atoms with Crippen LogP contribution in [0.5, 0.6) is 0 Å². The van der Waals surface area contributed by atoms with Gasteiger partial charge in [0.25, 0.3) is 0 Å². The first-order valence-corrected chi connectivity index (χ1v) is 6.96. The first-order valence-electron chi connectivity index (χ1n) is 6.96. The third kappa shape index (κ3) is 4.61. The molecular weight excluding hydrogens is 268 g/mol. The Morgan fingerprint density at radius 2 is 2.05 bits per heavy atom. The topological polar surface area (TPSA) is 79.2 Å². The predicted molar refractivity (Wildman–Crippen MR) is 80.9 cm³/mol. The highest BCUT2D eigenvalue weighted by Crippen LogP contribution is 2.15. The lowest BCUT2D eigenvalue weighted by Crippen LogP contribution is -2.28. The number of carbonyl (C=O) groups is 1. The van der Waals surface area contributed by atoms with Crippen molar-refractivity contribution in [3.05, 3.63) is 47.9 Å². The van der Waals surface area contributed by atoms with Crippen LogP contribution in [0.4, 0.5) is 10.5 Å². The Balaban J connectivity index is 1.83. The van der Waals surface area contributed by atoms with E-state index >= 15 is 0 Å². The fraction of sp³-hybridized carbons (Fsp3) is 0.333. The molecule has 2 rings (SSSR count). The zero-order valence-corrected chi connectivity index (χ0v) is 12.2. The van der Waals surface area contributed by atoms with Gasteiger partial charge in [0, 0.05) is 17.8 Å². The van der Waals surface area contributed by atoms with Crippen molar-refractivity contribution in [2.45, 2.75) is 26.4 Å². The third-order valence-corrected chi connectivity index (χ3v) is 3.10. The van der Waals surface area contributed by atoms with Gasteiger partial charge in [-0.15, -0.1) is 0 Å². The van der Waals surface area contributed by atoms with Crippen LogP contribution in [-0.2, 0) is 6.54 Å². The number of urea groups is 1. The summed E-state index contributed by atoms with van der Waals surface area (Å²) in [6, 6.07) is 9.51. The summed E-state index contributed by atoms with van der Waals surface area (Å²) in [5.41, 5.74) is 2.62. The van der Waals surface area contributed by atoms with Crippen LogP contribution in [0.15, 0.2) is 41.1 Å². The van der Waals surface area contributed by atoms with E-state index in [0.29, 0.717) is 18.3 Å². The van der Waals surface area contributed by atoms with Crippen molar-refractivity contribution in [1.82, 2.24) is 15.8 Å². The summed E-state index contributed by atoms with van der Waals surface area (Å²) >= 11 is 0. The molecule has 0 fully saturated rings.